The smallest absolute Gasteiger partial charge is 0.274 e. The molecule has 1 fully saturated rings. The minimum absolute atomic E-state index is 0.00546. The Morgan fingerprint density at radius 3 is 2.48 bits per heavy atom. The second-order valence-electron chi connectivity index (χ2n) is 7.32. The number of hydrogen-bond donors (Lipinski definition) is 0. The highest BCUT2D eigenvalue weighted by atomic mass is 16.5. The summed E-state index contributed by atoms with van der Waals surface area (Å²) in [6, 6.07) is 20.1. The molecule has 1 aliphatic heterocycles. The zero-order valence-electron chi connectivity index (χ0n) is 16.9. The number of amides is 1. The largest absolute Gasteiger partial charge is 0.497 e. The number of carbonyl (C=O) groups excluding carboxylic acids is 1. The molecular formula is C23H26N4O2. The minimum atomic E-state index is -0.00546. The van der Waals surface area contributed by atoms with Crippen LogP contribution < -0.4 is 4.74 Å². The van der Waals surface area contributed by atoms with Crippen molar-refractivity contribution in [2.45, 2.75) is 6.54 Å². The third-order valence-corrected chi connectivity index (χ3v) is 5.37. The van der Waals surface area contributed by atoms with E-state index in [1.165, 1.54) is 5.56 Å². The Balaban J connectivity index is 1.41. The Labute approximate surface area is 171 Å². The van der Waals surface area contributed by atoms with Crippen LogP contribution >= 0.6 is 0 Å². The van der Waals surface area contributed by atoms with Crippen molar-refractivity contribution in [1.82, 2.24) is 19.6 Å². The lowest BCUT2D eigenvalue weighted by molar-refractivity contribution is 0.0622. The fraction of sp³-hybridized carbons (Fsp3) is 0.304. The molecule has 6 nitrogen and oxygen atoms in total. The van der Waals surface area contributed by atoms with Crippen molar-refractivity contribution in [3.63, 3.8) is 0 Å². The van der Waals surface area contributed by atoms with E-state index in [9.17, 15) is 4.79 Å². The van der Waals surface area contributed by atoms with Gasteiger partial charge in [-0.3, -0.25) is 14.4 Å². The topological polar surface area (TPSA) is 50.6 Å². The Morgan fingerprint density at radius 2 is 1.76 bits per heavy atom. The summed E-state index contributed by atoms with van der Waals surface area (Å²) < 4.78 is 7.07. The van der Waals surface area contributed by atoms with Crippen LogP contribution in [0, 0.1) is 0 Å². The summed E-state index contributed by atoms with van der Waals surface area (Å²) in [4.78, 5) is 17.3. The van der Waals surface area contributed by atoms with Crippen LogP contribution in [0.3, 0.4) is 0 Å². The number of ether oxygens (including phenoxy) is 1. The van der Waals surface area contributed by atoms with Gasteiger partial charge in [-0.2, -0.15) is 5.10 Å². The first-order valence-electron chi connectivity index (χ1n) is 9.88. The van der Waals surface area contributed by atoms with Crippen LogP contribution in [0.2, 0.25) is 0 Å². The van der Waals surface area contributed by atoms with Gasteiger partial charge < -0.3 is 9.64 Å². The van der Waals surface area contributed by atoms with Gasteiger partial charge in [0.1, 0.15) is 5.75 Å². The first-order valence-corrected chi connectivity index (χ1v) is 9.88. The maximum absolute atomic E-state index is 13.0. The normalized spacial score (nSPS) is 14.8. The maximum Gasteiger partial charge on any atom is 0.274 e. The highest BCUT2D eigenvalue weighted by Gasteiger charge is 2.24. The second-order valence-corrected chi connectivity index (χ2v) is 7.32. The Bertz CT molecular complexity index is 976. The summed E-state index contributed by atoms with van der Waals surface area (Å²) in [5, 5.41) is 4.48. The number of carbonyl (C=O) groups is 1. The number of nitrogens with zero attached hydrogens (tertiary/aromatic N) is 4. The number of rotatable bonds is 5. The molecule has 0 bridgehead atoms. The molecule has 1 amide bonds. The van der Waals surface area contributed by atoms with E-state index in [4.69, 9.17) is 4.74 Å². The molecule has 1 saturated heterocycles. The van der Waals surface area contributed by atoms with Crippen molar-refractivity contribution < 1.29 is 9.53 Å². The molecule has 1 aliphatic rings. The van der Waals surface area contributed by atoms with Crippen LogP contribution in [-0.2, 0) is 13.6 Å². The lowest BCUT2D eigenvalue weighted by Crippen LogP contribution is -2.48. The Hall–Kier alpha value is -3.12. The van der Waals surface area contributed by atoms with E-state index in [-0.39, 0.29) is 5.91 Å². The fourth-order valence-electron chi connectivity index (χ4n) is 3.74. The van der Waals surface area contributed by atoms with Crippen molar-refractivity contribution >= 4 is 5.91 Å². The summed E-state index contributed by atoms with van der Waals surface area (Å²) in [5.74, 6) is 0.778. The van der Waals surface area contributed by atoms with Gasteiger partial charge >= 0.3 is 0 Å². The molecule has 1 aromatic heterocycles. The molecule has 0 radical (unpaired) electrons. The average Bonchev–Trinajstić information content (AvgIpc) is 3.16. The van der Waals surface area contributed by atoms with Crippen molar-refractivity contribution in [3.05, 3.63) is 71.9 Å². The molecule has 0 N–H and O–H groups in total. The molecule has 150 valence electrons. The van der Waals surface area contributed by atoms with E-state index in [0.717, 1.165) is 49.7 Å². The van der Waals surface area contributed by atoms with Crippen molar-refractivity contribution in [2.24, 2.45) is 7.05 Å². The van der Waals surface area contributed by atoms with Crippen LogP contribution in [0.15, 0.2) is 60.7 Å². The molecule has 6 heteroatoms. The van der Waals surface area contributed by atoms with Crippen molar-refractivity contribution in [2.75, 3.05) is 33.3 Å². The number of methoxy groups -OCH3 is 1. The van der Waals surface area contributed by atoms with E-state index in [2.05, 4.69) is 34.3 Å². The molecule has 0 saturated carbocycles. The van der Waals surface area contributed by atoms with Crippen molar-refractivity contribution in [1.29, 1.82) is 0 Å². The molecule has 3 aromatic rings. The van der Waals surface area contributed by atoms with Gasteiger partial charge in [0, 0.05) is 45.3 Å². The van der Waals surface area contributed by atoms with E-state index < -0.39 is 0 Å². The number of piperazine rings is 1. The molecular weight excluding hydrogens is 364 g/mol. The molecule has 2 heterocycles. The van der Waals surface area contributed by atoms with E-state index in [1.807, 2.05) is 48.3 Å². The van der Waals surface area contributed by atoms with Gasteiger partial charge in [-0.1, -0.05) is 42.5 Å². The van der Waals surface area contributed by atoms with Gasteiger partial charge in [0.25, 0.3) is 5.91 Å². The first kappa shape index (κ1) is 19.2. The Kier molecular flexibility index (Phi) is 5.62. The summed E-state index contributed by atoms with van der Waals surface area (Å²) in [5.41, 5.74) is 3.67. The van der Waals surface area contributed by atoms with Gasteiger partial charge in [0.15, 0.2) is 5.69 Å². The van der Waals surface area contributed by atoms with Gasteiger partial charge in [-0.25, -0.2) is 0 Å². The summed E-state index contributed by atoms with van der Waals surface area (Å²) in [6.07, 6.45) is 0. The monoisotopic (exact) mass is 390 g/mol. The van der Waals surface area contributed by atoms with E-state index >= 15 is 0 Å². The third-order valence-electron chi connectivity index (χ3n) is 5.37. The number of aryl methyl sites for hydroxylation is 1. The zero-order valence-corrected chi connectivity index (χ0v) is 16.9. The third kappa shape index (κ3) is 4.32. The van der Waals surface area contributed by atoms with Crippen LogP contribution in [0.25, 0.3) is 11.3 Å². The quantitative estimate of drug-likeness (QED) is 0.672. The minimum Gasteiger partial charge on any atom is -0.497 e. The van der Waals surface area contributed by atoms with E-state index in [0.29, 0.717) is 5.69 Å². The maximum atomic E-state index is 13.0. The molecule has 0 unspecified atom stereocenters. The van der Waals surface area contributed by atoms with Crippen LogP contribution in [0.1, 0.15) is 16.1 Å². The number of hydrogen-bond acceptors (Lipinski definition) is 4. The molecule has 2 aromatic carbocycles. The lowest BCUT2D eigenvalue weighted by Gasteiger charge is -2.34. The van der Waals surface area contributed by atoms with Gasteiger partial charge in [-0.05, 0) is 23.8 Å². The number of aromatic nitrogens is 2. The highest BCUT2D eigenvalue weighted by Crippen LogP contribution is 2.24. The molecule has 0 spiro atoms. The van der Waals surface area contributed by atoms with Gasteiger partial charge in [0.05, 0.1) is 12.8 Å². The van der Waals surface area contributed by atoms with Gasteiger partial charge in [-0.15, -0.1) is 0 Å². The second kappa shape index (κ2) is 8.49. The Morgan fingerprint density at radius 1 is 1.00 bits per heavy atom. The molecule has 0 aliphatic carbocycles. The fourth-order valence-corrected chi connectivity index (χ4v) is 3.74. The highest BCUT2D eigenvalue weighted by molar-refractivity contribution is 5.93. The van der Waals surface area contributed by atoms with Crippen LogP contribution in [0.4, 0.5) is 0 Å². The van der Waals surface area contributed by atoms with Crippen LogP contribution in [-0.4, -0.2) is 58.8 Å². The first-order chi connectivity index (χ1) is 14.1. The number of benzene rings is 2. The summed E-state index contributed by atoms with van der Waals surface area (Å²) in [6.45, 7) is 4.10. The molecule has 4 rings (SSSR count). The zero-order chi connectivity index (χ0) is 20.2. The SMILES string of the molecule is COc1cccc(-c2cc(C(=O)N3CCN(Cc4ccccc4)CC3)nn2C)c1. The summed E-state index contributed by atoms with van der Waals surface area (Å²) in [7, 11) is 3.51. The van der Waals surface area contributed by atoms with Crippen LogP contribution in [0.5, 0.6) is 5.75 Å². The van der Waals surface area contributed by atoms with E-state index in [1.54, 1.807) is 11.8 Å². The lowest BCUT2D eigenvalue weighted by atomic mass is 10.1. The predicted octanol–water partition coefficient (Wildman–Crippen LogP) is 3.05. The molecule has 29 heavy (non-hydrogen) atoms. The molecule has 0 atom stereocenters. The predicted molar refractivity (Wildman–Crippen MR) is 113 cm³/mol. The van der Waals surface area contributed by atoms with Crippen molar-refractivity contribution in [3.8, 4) is 17.0 Å². The average molecular weight is 390 g/mol. The van der Waals surface area contributed by atoms with Gasteiger partial charge in [0.2, 0.25) is 0 Å². The summed E-state index contributed by atoms with van der Waals surface area (Å²) >= 11 is 0. The standard InChI is InChI=1S/C23H26N4O2/c1-25-22(19-9-6-10-20(15-19)29-2)16-21(24-25)23(28)27-13-11-26(12-14-27)17-18-7-4-3-5-8-18/h3-10,15-16H,11-14,17H2,1-2H3.